The van der Waals surface area contributed by atoms with E-state index in [9.17, 15) is 4.79 Å². The molecule has 0 saturated carbocycles. The number of nitrogens with one attached hydrogen (secondary N) is 1. The molecule has 0 heterocycles. The van der Waals surface area contributed by atoms with Gasteiger partial charge in [-0.1, -0.05) is 41.9 Å². The van der Waals surface area contributed by atoms with Gasteiger partial charge in [0.25, 0.3) is 5.91 Å². The second-order valence-corrected chi connectivity index (χ2v) is 6.78. The van der Waals surface area contributed by atoms with E-state index >= 15 is 0 Å². The van der Waals surface area contributed by atoms with Crippen molar-refractivity contribution >= 4 is 51.7 Å². The molecule has 21 heavy (non-hydrogen) atoms. The van der Waals surface area contributed by atoms with Crippen LogP contribution in [-0.4, -0.2) is 11.8 Å². The topological polar surface area (TPSA) is 29.1 Å². The quantitative estimate of drug-likeness (QED) is 0.543. The highest BCUT2D eigenvalue weighted by molar-refractivity contribution is 14.1. The van der Waals surface area contributed by atoms with Gasteiger partial charge in [0.1, 0.15) is 0 Å². The first-order valence-corrected chi connectivity index (χ1v) is 8.34. The largest absolute Gasteiger partial charge is 0.342 e. The summed E-state index contributed by atoms with van der Waals surface area (Å²) in [5.74, 6) is 0.0915. The van der Waals surface area contributed by atoms with Gasteiger partial charge in [0.15, 0.2) is 0 Å². The van der Waals surface area contributed by atoms with Gasteiger partial charge < -0.3 is 5.32 Å². The minimum absolute atomic E-state index is 0.186. The van der Waals surface area contributed by atoms with E-state index in [0.717, 1.165) is 9.13 Å². The van der Waals surface area contributed by atoms with E-state index in [1.807, 2.05) is 43.3 Å². The summed E-state index contributed by atoms with van der Waals surface area (Å²) < 4.78 is 0.847. The summed E-state index contributed by atoms with van der Waals surface area (Å²) in [6, 6.07) is 14.9. The third kappa shape index (κ3) is 3.90. The number of alkyl halides is 1. The van der Waals surface area contributed by atoms with E-state index in [2.05, 4.69) is 27.9 Å². The fourth-order valence-electron chi connectivity index (χ4n) is 1.98. The van der Waals surface area contributed by atoms with Crippen molar-refractivity contribution in [2.75, 3.05) is 5.88 Å². The molecule has 0 bridgehead atoms. The molecular weight excluding hydrogens is 420 g/mol. The Morgan fingerprint density at radius 3 is 2.52 bits per heavy atom. The Morgan fingerprint density at radius 1 is 1.24 bits per heavy atom. The monoisotopic (exact) mass is 433 g/mol. The Bertz CT molecular complexity index is 648. The number of carbonyl (C=O) groups is 1. The van der Waals surface area contributed by atoms with Gasteiger partial charge in [0.05, 0.1) is 11.1 Å². The third-order valence-corrected chi connectivity index (χ3v) is 4.95. The highest BCUT2D eigenvalue weighted by Crippen LogP contribution is 2.24. The molecule has 2 rings (SSSR count). The molecule has 1 unspecified atom stereocenters. The Labute approximate surface area is 148 Å². The molecule has 2 aromatic carbocycles. The number of rotatable bonds is 4. The first-order chi connectivity index (χ1) is 9.96. The summed E-state index contributed by atoms with van der Waals surface area (Å²) in [5, 5.41) is 3.54. The lowest BCUT2D eigenvalue weighted by Crippen LogP contribution is -2.45. The van der Waals surface area contributed by atoms with Gasteiger partial charge in [0.2, 0.25) is 0 Å². The van der Waals surface area contributed by atoms with Crippen molar-refractivity contribution < 1.29 is 4.79 Å². The zero-order valence-corrected chi connectivity index (χ0v) is 15.0. The van der Waals surface area contributed by atoms with Crippen molar-refractivity contribution in [2.45, 2.75) is 12.5 Å². The fourth-order valence-corrected chi connectivity index (χ4v) is 2.95. The smallest absolute Gasteiger partial charge is 0.253 e. The summed E-state index contributed by atoms with van der Waals surface area (Å²) in [6.45, 7) is 1.91. The summed E-state index contributed by atoms with van der Waals surface area (Å²) >= 11 is 14.2. The molecule has 0 aliphatic heterocycles. The lowest BCUT2D eigenvalue weighted by molar-refractivity contribution is 0.0912. The van der Waals surface area contributed by atoms with Crippen LogP contribution in [0.4, 0.5) is 0 Å². The van der Waals surface area contributed by atoms with Crippen LogP contribution >= 0.6 is 45.8 Å². The molecule has 0 saturated heterocycles. The van der Waals surface area contributed by atoms with Crippen LogP contribution in [0.15, 0.2) is 48.5 Å². The minimum Gasteiger partial charge on any atom is -0.342 e. The fraction of sp³-hybridized carbons (Fsp3) is 0.188. The first-order valence-electron chi connectivity index (χ1n) is 6.35. The average molecular weight is 434 g/mol. The molecule has 0 spiro atoms. The van der Waals surface area contributed by atoms with Crippen molar-refractivity contribution in [2.24, 2.45) is 0 Å². The first kappa shape index (κ1) is 16.6. The predicted octanol–water partition coefficient (Wildman–Crippen LogP) is 4.83. The molecule has 0 aliphatic carbocycles. The van der Waals surface area contributed by atoms with Crippen molar-refractivity contribution in [1.29, 1.82) is 0 Å². The molecule has 1 atom stereocenters. The number of hydrogen-bond donors (Lipinski definition) is 1. The maximum atomic E-state index is 12.5. The summed E-state index contributed by atoms with van der Waals surface area (Å²) in [4.78, 5) is 12.5. The normalized spacial score (nSPS) is 13.5. The zero-order chi connectivity index (χ0) is 15.5. The number of halogens is 3. The van der Waals surface area contributed by atoms with Gasteiger partial charge in [-0.2, -0.15) is 0 Å². The van der Waals surface area contributed by atoms with Gasteiger partial charge >= 0.3 is 0 Å². The maximum Gasteiger partial charge on any atom is 0.253 e. The van der Waals surface area contributed by atoms with E-state index in [-0.39, 0.29) is 11.8 Å². The van der Waals surface area contributed by atoms with E-state index in [1.54, 1.807) is 12.1 Å². The summed E-state index contributed by atoms with van der Waals surface area (Å²) in [5.41, 5.74) is 0.881. The van der Waals surface area contributed by atoms with Gasteiger partial charge in [-0.25, -0.2) is 0 Å². The highest BCUT2D eigenvalue weighted by atomic mass is 127. The van der Waals surface area contributed by atoms with E-state index in [1.165, 1.54) is 0 Å². The number of amides is 1. The van der Waals surface area contributed by atoms with Crippen LogP contribution in [0.3, 0.4) is 0 Å². The van der Waals surface area contributed by atoms with Gasteiger partial charge in [0, 0.05) is 14.5 Å². The predicted molar refractivity (Wildman–Crippen MR) is 96.1 cm³/mol. The van der Waals surface area contributed by atoms with Crippen LogP contribution in [0, 0.1) is 3.57 Å². The van der Waals surface area contributed by atoms with Gasteiger partial charge in [-0.05, 0) is 53.3 Å². The number of carbonyl (C=O) groups excluding carboxylic acids is 1. The molecule has 1 N–H and O–H groups in total. The summed E-state index contributed by atoms with van der Waals surface area (Å²) in [7, 11) is 0. The molecule has 1 amide bonds. The van der Waals surface area contributed by atoms with Crippen LogP contribution in [-0.2, 0) is 5.54 Å². The van der Waals surface area contributed by atoms with Crippen molar-refractivity contribution in [1.82, 2.24) is 5.32 Å². The van der Waals surface area contributed by atoms with Gasteiger partial charge in [-0.3, -0.25) is 4.79 Å². The second kappa shape index (κ2) is 6.99. The van der Waals surface area contributed by atoms with Crippen molar-refractivity contribution in [3.05, 3.63) is 68.3 Å². The Hall–Kier alpha value is -0.780. The lowest BCUT2D eigenvalue weighted by Gasteiger charge is -2.29. The molecule has 0 radical (unpaired) electrons. The molecule has 110 valence electrons. The second-order valence-electron chi connectivity index (χ2n) is 4.91. The van der Waals surface area contributed by atoms with Crippen LogP contribution in [0.2, 0.25) is 5.02 Å². The molecule has 2 nitrogen and oxygen atoms in total. The Kier molecular flexibility index (Phi) is 5.52. The molecule has 0 fully saturated rings. The number of hydrogen-bond acceptors (Lipinski definition) is 1. The van der Waals surface area contributed by atoms with E-state index < -0.39 is 5.54 Å². The van der Waals surface area contributed by atoms with Crippen molar-refractivity contribution in [3.8, 4) is 0 Å². The minimum atomic E-state index is -0.634. The summed E-state index contributed by atoms with van der Waals surface area (Å²) in [6.07, 6.45) is 0. The molecule has 0 aliphatic rings. The third-order valence-electron chi connectivity index (χ3n) is 3.24. The Balaban J connectivity index is 2.30. The van der Waals surface area contributed by atoms with Crippen LogP contribution in [0.25, 0.3) is 0 Å². The molecule has 0 aromatic heterocycles. The maximum absolute atomic E-state index is 12.5. The van der Waals surface area contributed by atoms with Crippen LogP contribution in [0.5, 0.6) is 0 Å². The zero-order valence-electron chi connectivity index (χ0n) is 11.4. The highest BCUT2D eigenvalue weighted by Gasteiger charge is 2.28. The number of benzene rings is 2. The average Bonchev–Trinajstić information content (AvgIpc) is 2.50. The van der Waals surface area contributed by atoms with Gasteiger partial charge in [-0.15, -0.1) is 11.6 Å². The van der Waals surface area contributed by atoms with Crippen LogP contribution in [0.1, 0.15) is 22.8 Å². The Morgan fingerprint density at radius 2 is 1.90 bits per heavy atom. The SMILES string of the molecule is CC(CCl)(NC(=O)c1cc(Cl)ccc1I)c1ccccc1. The van der Waals surface area contributed by atoms with E-state index in [0.29, 0.717) is 10.6 Å². The van der Waals surface area contributed by atoms with E-state index in [4.69, 9.17) is 23.2 Å². The standard InChI is InChI=1S/C16H14Cl2INO/c1-16(10-17,11-5-3-2-4-6-11)20-15(21)13-9-12(18)7-8-14(13)19/h2-9H,10H2,1H3,(H,20,21). The molecule has 2 aromatic rings. The molecular formula is C16H14Cl2INO. The lowest BCUT2D eigenvalue weighted by atomic mass is 9.93. The van der Waals surface area contributed by atoms with Crippen molar-refractivity contribution in [3.63, 3.8) is 0 Å². The van der Waals surface area contributed by atoms with Crippen LogP contribution < -0.4 is 5.32 Å². The molecule has 5 heteroatoms.